The van der Waals surface area contributed by atoms with E-state index in [1.54, 1.807) is 19.1 Å². The van der Waals surface area contributed by atoms with Gasteiger partial charge in [0, 0.05) is 32.5 Å². The zero-order chi connectivity index (χ0) is 16.7. The molecule has 2 amide bonds. The summed E-state index contributed by atoms with van der Waals surface area (Å²) in [5.74, 6) is -0.329. The summed E-state index contributed by atoms with van der Waals surface area (Å²) < 4.78 is 12.8. The molecule has 0 radical (unpaired) electrons. The van der Waals surface area contributed by atoms with Crippen molar-refractivity contribution in [2.75, 3.05) is 6.54 Å². The van der Waals surface area contributed by atoms with Crippen molar-refractivity contribution in [3.63, 3.8) is 0 Å². The molecule has 126 valence electrons. The standard InChI is InChI=1S/C18H25FN2O2/c1-14(22)21(17-5-3-2-4-6-17)12-11-18(23)20-13-15-7-9-16(19)10-8-15/h7-10,17H,2-6,11-13H2,1H3,(H,20,23). The summed E-state index contributed by atoms with van der Waals surface area (Å²) in [4.78, 5) is 25.6. The number of nitrogens with one attached hydrogen (secondary N) is 1. The van der Waals surface area contributed by atoms with Crippen LogP contribution in [0.25, 0.3) is 0 Å². The molecule has 0 spiro atoms. The van der Waals surface area contributed by atoms with E-state index in [2.05, 4.69) is 5.32 Å². The minimum Gasteiger partial charge on any atom is -0.352 e. The summed E-state index contributed by atoms with van der Waals surface area (Å²) in [6.45, 7) is 2.42. The first kappa shape index (κ1) is 17.4. The maximum atomic E-state index is 12.8. The maximum absolute atomic E-state index is 12.8. The Morgan fingerprint density at radius 2 is 1.83 bits per heavy atom. The van der Waals surface area contributed by atoms with Gasteiger partial charge in [0.05, 0.1) is 0 Å². The normalized spacial score (nSPS) is 15.2. The molecule has 1 N–H and O–H groups in total. The molecule has 1 aliphatic carbocycles. The number of benzene rings is 1. The van der Waals surface area contributed by atoms with Crippen molar-refractivity contribution in [3.8, 4) is 0 Å². The topological polar surface area (TPSA) is 49.4 Å². The van der Waals surface area contributed by atoms with Gasteiger partial charge in [-0.15, -0.1) is 0 Å². The summed E-state index contributed by atoms with van der Waals surface area (Å²) in [6.07, 6.45) is 5.93. The van der Waals surface area contributed by atoms with Crippen LogP contribution in [0.4, 0.5) is 4.39 Å². The second-order valence-electron chi connectivity index (χ2n) is 6.16. The number of rotatable bonds is 6. The molecule has 0 atom stereocenters. The van der Waals surface area contributed by atoms with Crippen molar-refractivity contribution in [2.45, 2.75) is 58.0 Å². The first-order chi connectivity index (χ1) is 11.1. The van der Waals surface area contributed by atoms with E-state index >= 15 is 0 Å². The van der Waals surface area contributed by atoms with Gasteiger partial charge in [0.1, 0.15) is 5.82 Å². The molecular weight excluding hydrogens is 295 g/mol. The SMILES string of the molecule is CC(=O)N(CCC(=O)NCc1ccc(F)cc1)C1CCCCC1. The van der Waals surface area contributed by atoms with Crippen LogP contribution in [0.1, 0.15) is 51.0 Å². The van der Waals surface area contributed by atoms with Gasteiger partial charge < -0.3 is 10.2 Å². The zero-order valence-electron chi connectivity index (χ0n) is 13.7. The number of halogens is 1. The Morgan fingerprint density at radius 3 is 2.43 bits per heavy atom. The molecule has 4 nitrogen and oxygen atoms in total. The molecular formula is C18H25FN2O2. The Kier molecular flexibility index (Phi) is 6.56. The van der Waals surface area contributed by atoms with E-state index in [-0.39, 0.29) is 23.7 Å². The van der Waals surface area contributed by atoms with Crippen LogP contribution in [-0.4, -0.2) is 29.3 Å². The average molecular weight is 320 g/mol. The van der Waals surface area contributed by atoms with Crippen molar-refractivity contribution in [1.29, 1.82) is 0 Å². The third kappa shape index (κ3) is 5.66. The van der Waals surface area contributed by atoms with E-state index in [9.17, 15) is 14.0 Å². The van der Waals surface area contributed by atoms with Crippen LogP contribution < -0.4 is 5.32 Å². The molecule has 0 bridgehead atoms. The fraction of sp³-hybridized carbons (Fsp3) is 0.556. The lowest BCUT2D eigenvalue weighted by Crippen LogP contribution is -2.42. The number of hydrogen-bond acceptors (Lipinski definition) is 2. The van der Waals surface area contributed by atoms with Gasteiger partial charge in [-0.2, -0.15) is 0 Å². The molecule has 0 aliphatic heterocycles. The van der Waals surface area contributed by atoms with Crippen LogP contribution in [0, 0.1) is 5.82 Å². The first-order valence-corrected chi connectivity index (χ1v) is 8.34. The first-order valence-electron chi connectivity index (χ1n) is 8.34. The smallest absolute Gasteiger partial charge is 0.222 e. The predicted molar refractivity (Wildman–Crippen MR) is 87.1 cm³/mol. The van der Waals surface area contributed by atoms with Crippen molar-refractivity contribution in [3.05, 3.63) is 35.6 Å². The van der Waals surface area contributed by atoms with Crippen molar-refractivity contribution >= 4 is 11.8 Å². The summed E-state index contributed by atoms with van der Waals surface area (Å²) in [5, 5.41) is 2.82. The maximum Gasteiger partial charge on any atom is 0.222 e. The van der Waals surface area contributed by atoms with Crippen LogP contribution >= 0.6 is 0 Å². The Morgan fingerprint density at radius 1 is 1.17 bits per heavy atom. The Balaban J connectivity index is 1.77. The van der Waals surface area contributed by atoms with Gasteiger partial charge >= 0.3 is 0 Å². The molecule has 2 rings (SSSR count). The van der Waals surface area contributed by atoms with E-state index in [1.165, 1.54) is 18.6 Å². The molecule has 0 saturated heterocycles. The van der Waals surface area contributed by atoms with Gasteiger partial charge in [0.25, 0.3) is 0 Å². The molecule has 1 aromatic carbocycles. The summed E-state index contributed by atoms with van der Waals surface area (Å²) in [5.41, 5.74) is 0.857. The highest BCUT2D eigenvalue weighted by atomic mass is 19.1. The third-order valence-electron chi connectivity index (χ3n) is 4.40. The molecule has 23 heavy (non-hydrogen) atoms. The van der Waals surface area contributed by atoms with Crippen LogP contribution in [0.5, 0.6) is 0 Å². The molecule has 0 aromatic heterocycles. The minimum absolute atomic E-state index is 0.0447. The number of hydrogen-bond donors (Lipinski definition) is 1. The minimum atomic E-state index is -0.287. The second kappa shape index (κ2) is 8.65. The molecule has 1 saturated carbocycles. The summed E-state index contributed by atoms with van der Waals surface area (Å²) in [6, 6.07) is 6.34. The Labute approximate surface area is 137 Å². The van der Waals surface area contributed by atoms with Crippen molar-refractivity contribution in [2.24, 2.45) is 0 Å². The quantitative estimate of drug-likeness (QED) is 0.876. The number of carbonyl (C=O) groups excluding carboxylic acids is 2. The van der Waals surface area contributed by atoms with Gasteiger partial charge in [-0.25, -0.2) is 4.39 Å². The Hall–Kier alpha value is -1.91. The summed E-state index contributed by atoms with van der Waals surface area (Å²) in [7, 11) is 0. The fourth-order valence-electron chi connectivity index (χ4n) is 3.10. The van der Waals surface area contributed by atoms with Gasteiger partial charge in [-0.3, -0.25) is 9.59 Å². The average Bonchev–Trinajstić information content (AvgIpc) is 2.55. The lowest BCUT2D eigenvalue weighted by atomic mass is 9.94. The van der Waals surface area contributed by atoms with Crippen LogP contribution in [0.15, 0.2) is 24.3 Å². The van der Waals surface area contributed by atoms with Crippen LogP contribution in [0.3, 0.4) is 0 Å². The van der Waals surface area contributed by atoms with E-state index in [1.807, 2.05) is 4.90 Å². The van der Waals surface area contributed by atoms with E-state index in [0.29, 0.717) is 19.5 Å². The molecule has 1 fully saturated rings. The van der Waals surface area contributed by atoms with Crippen LogP contribution in [-0.2, 0) is 16.1 Å². The molecule has 1 aromatic rings. The van der Waals surface area contributed by atoms with Gasteiger partial charge in [0.2, 0.25) is 11.8 Å². The van der Waals surface area contributed by atoms with Gasteiger partial charge in [0.15, 0.2) is 0 Å². The third-order valence-corrected chi connectivity index (χ3v) is 4.40. The highest BCUT2D eigenvalue weighted by Gasteiger charge is 2.23. The molecule has 0 heterocycles. The highest BCUT2D eigenvalue weighted by Crippen LogP contribution is 2.22. The number of nitrogens with zero attached hydrogens (tertiary/aromatic N) is 1. The molecule has 0 unspecified atom stereocenters. The van der Waals surface area contributed by atoms with Crippen molar-refractivity contribution in [1.82, 2.24) is 10.2 Å². The lowest BCUT2D eigenvalue weighted by molar-refractivity contribution is -0.132. The largest absolute Gasteiger partial charge is 0.352 e. The second-order valence-corrected chi connectivity index (χ2v) is 6.16. The highest BCUT2D eigenvalue weighted by molar-refractivity contribution is 5.78. The molecule has 1 aliphatic rings. The van der Waals surface area contributed by atoms with E-state index < -0.39 is 0 Å². The van der Waals surface area contributed by atoms with E-state index in [0.717, 1.165) is 31.2 Å². The van der Waals surface area contributed by atoms with Gasteiger partial charge in [-0.05, 0) is 30.5 Å². The zero-order valence-corrected chi connectivity index (χ0v) is 13.7. The molecule has 5 heteroatoms. The predicted octanol–water partition coefficient (Wildman–Crippen LogP) is 3.01. The van der Waals surface area contributed by atoms with Crippen molar-refractivity contribution < 1.29 is 14.0 Å². The number of carbonyl (C=O) groups is 2. The summed E-state index contributed by atoms with van der Waals surface area (Å²) >= 11 is 0. The monoisotopic (exact) mass is 320 g/mol. The lowest BCUT2D eigenvalue weighted by Gasteiger charge is -2.33. The van der Waals surface area contributed by atoms with Crippen LogP contribution in [0.2, 0.25) is 0 Å². The fourth-order valence-corrected chi connectivity index (χ4v) is 3.10. The van der Waals surface area contributed by atoms with E-state index in [4.69, 9.17) is 0 Å². The number of amides is 2. The van der Waals surface area contributed by atoms with Gasteiger partial charge in [-0.1, -0.05) is 31.4 Å². The Bertz CT molecular complexity index is 524.